The van der Waals surface area contributed by atoms with Crippen molar-refractivity contribution in [1.29, 1.82) is 0 Å². The number of aryl methyl sites for hydroxylation is 1. The minimum atomic E-state index is -0.584. The highest BCUT2D eigenvalue weighted by Gasteiger charge is 2.18. The van der Waals surface area contributed by atoms with E-state index in [-0.39, 0.29) is 12.4 Å². The molecule has 0 fully saturated rings. The van der Waals surface area contributed by atoms with Crippen molar-refractivity contribution in [2.45, 2.75) is 26.0 Å². The molecule has 1 unspecified atom stereocenters. The lowest BCUT2D eigenvalue weighted by atomic mass is 10.00. The molecule has 29 heavy (non-hydrogen) atoms. The number of halogens is 1. The molecule has 0 aromatic heterocycles. The number of nitrogens with zero attached hydrogens (tertiary/aromatic N) is 1. The Kier molecular flexibility index (Phi) is 5.93. The van der Waals surface area contributed by atoms with E-state index in [1.165, 1.54) is 17.2 Å². The Balaban J connectivity index is 1.35. The van der Waals surface area contributed by atoms with Gasteiger partial charge >= 0.3 is 0 Å². The van der Waals surface area contributed by atoms with Gasteiger partial charge in [0.15, 0.2) is 0 Å². The van der Waals surface area contributed by atoms with Crippen LogP contribution in [0, 0.1) is 12.7 Å². The highest BCUT2D eigenvalue weighted by atomic mass is 19.1. The van der Waals surface area contributed by atoms with Crippen LogP contribution in [0.2, 0.25) is 0 Å². The van der Waals surface area contributed by atoms with Crippen LogP contribution in [0.25, 0.3) is 11.1 Å². The Labute approximate surface area is 171 Å². The third-order valence-corrected chi connectivity index (χ3v) is 5.39. The number of rotatable bonds is 6. The smallest absolute Gasteiger partial charge is 0.131 e. The fourth-order valence-corrected chi connectivity index (χ4v) is 3.87. The molecular formula is C25H26FNO2. The van der Waals surface area contributed by atoms with Gasteiger partial charge in [0.25, 0.3) is 0 Å². The van der Waals surface area contributed by atoms with Crippen molar-refractivity contribution in [2.75, 3.05) is 19.7 Å². The molecule has 1 heterocycles. The Hall–Kier alpha value is -2.69. The largest absolute Gasteiger partial charge is 0.491 e. The lowest BCUT2D eigenvalue weighted by Crippen LogP contribution is -2.38. The SMILES string of the molecule is Cc1ccc(F)c(-c2cccc(OCC(O)CN3CCc4ccccc4C3)c2)c1. The number of ether oxygens (including phenoxy) is 1. The van der Waals surface area contributed by atoms with Crippen LogP contribution < -0.4 is 4.74 Å². The van der Waals surface area contributed by atoms with Crippen LogP contribution in [0.15, 0.2) is 66.7 Å². The normalized spacial score (nSPS) is 15.0. The van der Waals surface area contributed by atoms with Gasteiger partial charge in [-0.15, -0.1) is 0 Å². The molecule has 3 nitrogen and oxygen atoms in total. The summed E-state index contributed by atoms with van der Waals surface area (Å²) in [5, 5.41) is 10.5. The third kappa shape index (κ3) is 4.84. The quantitative estimate of drug-likeness (QED) is 0.667. The molecule has 0 radical (unpaired) electrons. The molecule has 4 heteroatoms. The number of aliphatic hydroxyl groups excluding tert-OH is 1. The summed E-state index contributed by atoms with van der Waals surface area (Å²) in [6.07, 6.45) is 0.424. The number of hydrogen-bond acceptors (Lipinski definition) is 3. The van der Waals surface area contributed by atoms with Crippen molar-refractivity contribution < 1.29 is 14.2 Å². The molecule has 0 spiro atoms. The van der Waals surface area contributed by atoms with Crippen molar-refractivity contribution in [3.05, 3.63) is 89.2 Å². The lowest BCUT2D eigenvalue weighted by molar-refractivity contribution is 0.0638. The van der Waals surface area contributed by atoms with Gasteiger partial charge in [0, 0.05) is 25.2 Å². The van der Waals surface area contributed by atoms with Gasteiger partial charge in [-0.05, 0) is 54.3 Å². The predicted octanol–water partition coefficient (Wildman–Crippen LogP) is 4.60. The van der Waals surface area contributed by atoms with Crippen molar-refractivity contribution in [2.24, 2.45) is 0 Å². The van der Waals surface area contributed by atoms with E-state index >= 15 is 0 Å². The van der Waals surface area contributed by atoms with Crippen molar-refractivity contribution in [1.82, 2.24) is 4.90 Å². The second-order valence-electron chi connectivity index (χ2n) is 7.73. The van der Waals surface area contributed by atoms with Crippen LogP contribution in [-0.4, -0.2) is 35.8 Å². The molecule has 1 aliphatic rings. The van der Waals surface area contributed by atoms with Gasteiger partial charge in [-0.1, -0.05) is 48.0 Å². The molecule has 3 aromatic rings. The van der Waals surface area contributed by atoms with Crippen molar-refractivity contribution >= 4 is 0 Å². The molecule has 1 N–H and O–H groups in total. The molecule has 4 rings (SSSR count). The van der Waals surface area contributed by atoms with Gasteiger partial charge in [-0.25, -0.2) is 4.39 Å². The number of aliphatic hydroxyl groups is 1. The van der Waals surface area contributed by atoms with Gasteiger partial charge in [-0.2, -0.15) is 0 Å². The van der Waals surface area contributed by atoms with E-state index < -0.39 is 6.10 Å². The van der Waals surface area contributed by atoms with Gasteiger partial charge in [-0.3, -0.25) is 4.90 Å². The van der Waals surface area contributed by atoms with Gasteiger partial charge in [0.05, 0.1) is 0 Å². The molecular weight excluding hydrogens is 365 g/mol. The minimum Gasteiger partial charge on any atom is -0.491 e. The lowest BCUT2D eigenvalue weighted by Gasteiger charge is -2.30. The number of benzene rings is 3. The van der Waals surface area contributed by atoms with E-state index in [0.717, 1.165) is 30.6 Å². The molecule has 0 aliphatic carbocycles. The molecule has 0 saturated carbocycles. The Morgan fingerprint density at radius 1 is 1.03 bits per heavy atom. The number of β-amino-alcohol motifs (C(OH)–C–C–N with tert-alkyl or cyclic N) is 1. The van der Waals surface area contributed by atoms with E-state index in [4.69, 9.17) is 4.74 Å². The number of hydrogen-bond donors (Lipinski definition) is 1. The summed E-state index contributed by atoms with van der Waals surface area (Å²) in [7, 11) is 0. The van der Waals surface area contributed by atoms with Crippen molar-refractivity contribution in [3.63, 3.8) is 0 Å². The molecule has 0 bridgehead atoms. The maximum atomic E-state index is 14.2. The van der Waals surface area contributed by atoms with Crippen LogP contribution in [0.1, 0.15) is 16.7 Å². The summed E-state index contributed by atoms with van der Waals surface area (Å²) in [4.78, 5) is 2.26. The summed E-state index contributed by atoms with van der Waals surface area (Å²) in [5.41, 5.74) is 5.06. The topological polar surface area (TPSA) is 32.7 Å². The second-order valence-corrected chi connectivity index (χ2v) is 7.73. The van der Waals surface area contributed by atoms with Crippen LogP contribution in [0.4, 0.5) is 4.39 Å². The van der Waals surface area contributed by atoms with Crippen molar-refractivity contribution in [3.8, 4) is 16.9 Å². The highest BCUT2D eigenvalue weighted by molar-refractivity contribution is 5.66. The minimum absolute atomic E-state index is 0.206. The van der Waals surface area contributed by atoms with E-state index in [1.54, 1.807) is 6.07 Å². The zero-order chi connectivity index (χ0) is 20.2. The summed E-state index contributed by atoms with van der Waals surface area (Å²) in [6.45, 7) is 4.52. The average Bonchev–Trinajstić information content (AvgIpc) is 2.74. The Morgan fingerprint density at radius 3 is 2.72 bits per heavy atom. The standard InChI is InChI=1S/C25H26FNO2/c1-18-9-10-25(26)24(13-18)20-7-4-8-23(14-20)29-17-22(28)16-27-12-11-19-5-2-3-6-21(19)15-27/h2-10,13-14,22,28H,11-12,15-17H2,1H3. The molecule has 0 amide bonds. The van der Waals surface area contributed by atoms with E-state index in [2.05, 4.69) is 29.2 Å². The van der Waals surface area contributed by atoms with Crippen LogP contribution in [-0.2, 0) is 13.0 Å². The van der Waals surface area contributed by atoms with E-state index in [1.807, 2.05) is 37.3 Å². The number of fused-ring (bicyclic) bond motifs is 1. The van der Waals surface area contributed by atoms with Gasteiger partial charge in [0.2, 0.25) is 0 Å². The zero-order valence-electron chi connectivity index (χ0n) is 16.6. The first-order valence-corrected chi connectivity index (χ1v) is 10.0. The van der Waals surface area contributed by atoms with Crippen LogP contribution in [0.3, 0.4) is 0 Å². The molecule has 1 aliphatic heterocycles. The summed E-state index contributed by atoms with van der Waals surface area (Å²) in [5.74, 6) is 0.379. The zero-order valence-corrected chi connectivity index (χ0v) is 16.6. The maximum Gasteiger partial charge on any atom is 0.131 e. The maximum absolute atomic E-state index is 14.2. The third-order valence-electron chi connectivity index (χ3n) is 5.39. The Bertz CT molecular complexity index is 988. The first-order chi connectivity index (χ1) is 14.1. The highest BCUT2D eigenvalue weighted by Crippen LogP contribution is 2.27. The summed E-state index contributed by atoms with van der Waals surface area (Å²) >= 11 is 0. The summed E-state index contributed by atoms with van der Waals surface area (Å²) < 4.78 is 20.0. The van der Waals surface area contributed by atoms with Crippen LogP contribution in [0.5, 0.6) is 5.75 Å². The average molecular weight is 391 g/mol. The molecule has 3 aromatic carbocycles. The predicted molar refractivity (Wildman–Crippen MR) is 113 cm³/mol. The fraction of sp³-hybridized carbons (Fsp3) is 0.280. The van der Waals surface area contributed by atoms with E-state index in [9.17, 15) is 9.50 Å². The Morgan fingerprint density at radius 2 is 1.86 bits per heavy atom. The molecule has 150 valence electrons. The first-order valence-electron chi connectivity index (χ1n) is 10.0. The summed E-state index contributed by atoms with van der Waals surface area (Å²) in [6, 6.07) is 20.9. The van der Waals surface area contributed by atoms with Gasteiger partial charge < -0.3 is 9.84 Å². The van der Waals surface area contributed by atoms with Gasteiger partial charge in [0.1, 0.15) is 24.3 Å². The monoisotopic (exact) mass is 391 g/mol. The van der Waals surface area contributed by atoms with E-state index in [0.29, 0.717) is 17.9 Å². The fourth-order valence-electron chi connectivity index (χ4n) is 3.87. The molecule has 1 atom stereocenters. The second kappa shape index (κ2) is 8.76. The first kappa shape index (κ1) is 19.6. The van der Waals surface area contributed by atoms with Crippen LogP contribution >= 0.6 is 0 Å². The molecule has 0 saturated heterocycles.